The number of benzene rings is 3. The Balaban J connectivity index is 1.54. The lowest BCUT2D eigenvalue weighted by atomic mass is 9.97. The molecule has 5 atom stereocenters. The summed E-state index contributed by atoms with van der Waals surface area (Å²) >= 11 is 0. The first-order chi connectivity index (χ1) is 19.8. The van der Waals surface area contributed by atoms with E-state index in [1.165, 1.54) is 0 Å². The van der Waals surface area contributed by atoms with Gasteiger partial charge < -0.3 is 34.2 Å². The van der Waals surface area contributed by atoms with Crippen molar-refractivity contribution in [1.29, 1.82) is 0 Å². The minimum Gasteiger partial charge on any atom is -0.379 e. The van der Waals surface area contributed by atoms with Gasteiger partial charge in [-0.1, -0.05) is 91.0 Å². The van der Waals surface area contributed by atoms with E-state index in [1.807, 2.05) is 78.9 Å². The van der Waals surface area contributed by atoms with Crippen molar-refractivity contribution in [1.82, 2.24) is 0 Å². The summed E-state index contributed by atoms with van der Waals surface area (Å²) in [6, 6.07) is 30.3. The summed E-state index contributed by atoms with van der Waals surface area (Å²) in [5.74, 6) is 0. The molecule has 0 bridgehead atoms. The van der Waals surface area contributed by atoms with Gasteiger partial charge in [0.05, 0.1) is 26.4 Å². The van der Waals surface area contributed by atoms with Gasteiger partial charge in [-0.25, -0.2) is 0 Å². The number of hydrogen-bond acceptors (Lipinski definition) is 7. The van der Waals surface area contributed by atoms with E-state index in [9.17, 15) is 0 Å². The molecule has 3 aromatic rings. The van der Waals surface area contributed by atoms with E-state index in [4.69, 9.17) is 34.2 Å². The van der Waals surface area contributed by atoms with Crippen molar-refractivity contribution in [2.24, 2.45) is 5.73 Å². The molecule has 1 heterocycles. The van der Waals surface area contributed by atoms with E-state index >= 15 is 0 Å². The summed E-state index contributed by atoms with van der Waals surface area (Å²) in [6.07, 6.45) is 0.507. The molecule has 2 N–H and O–H groups in total. The van der Waals surface area contributed by atoms with E-state index < -0.39 is 30.7 Å². The standard InChI is InChI=1S/C33H43NO6/c1-35-33-32(39-24-28-18-10-4-11-19-28)31(38-23-27-16-8-3-9-17-27)30(37-22-26-14-6-2-7-15-26)29(40-33)25-36-21-13-5-12-20-34/h2-4,6-11,14-19,29-33H,5,12-13,20-25,34H2,1H3. The fourth-order valence-electron chi connectivity index (χ4n) is 4.79. The van der Waals surface area contributed by atoms with E-state index in [2.05, 4.69) is 12.1 Å². The van der Waals surface area contributed by atoms with Gasteiger partial charge in [-0.3, -0.25) is 0 Å². The van der Waals surface area contributed by atoms with E-state index in [0.29, 0.717) is 39.6 Å². The van der Waals surface area contributed by atoms with Crippen molar-refractivity contribution >= 4 is 0 Å². The lowest BCUT2D eigenvalue weighted by Gasteiger charge is -2.45. The molecule has 1 saturated heterocycles. The van der Waals surface area contributed by atoms with Gasteiger partial charge in [0.15, 0.2) is 6.29 Å². The molecule has 40 heavy (non-hydrogen) atoms. The second-order valence-electron chi connectivity index (χ2n) is 9.99. The molecule has 0 amide bonds. The van der Waals surface area contributed by atoms with Crippen LogP contribution < -0.4 is 5.73 Å². The van der Waals surface area contributed by atoms with Crippen LogP contribution >= 0.6 is 0 Å². The predicted molar refractivity (Wildman–Crippen MR) is 154 cm³/mol. The summed E-state index contributed by atoms with van der Waals surface area (Å²) in [5, 5.41) is 0. The Morgan fingerprint density at radius 2 is 1.12 bits per heavy atom. The molecule has 216 valence electrons. The maximum absolute atomic E-state index is 6.61. The molecule has 5 unspecified atom stereocenters. The van der Waals surface area contributed by atoms with Crippen LogP contribution in [0.2, 0.25) is 0 Å². The molecule has 1 fully saturated rings. The topological polar surface area (TPSA) is 81.4 Å². The fraction of sp³-hybridized carbons (Fsp3) is 0.455. The lowest BCUT2D eigenvalue weighted by Crippen LogP contribution is -2.61. The van der Waals surface area contributed by atoms with Crippen LogP contribution in [0, 0.1) is 0 Å². The maximum Gasteiger partial charge on any atom is 0.186 e. The summed E-state index contributed by atoms with van der Waals surface area (Å²) in [6.45, 7) is 2.90. The molecule has 0 aromatic heterocycles. The first-order valence-electron chi connectivity index (χ1n) is 14.2. The van der Waals surface area contributed by atoms with Crippen LogP contribution in [0.4, 0.5) is 0 Å². The summed E-state index contributed by atoms with van der Waals surface area (Å²) < 4.78 is 38.0. The number of rotatable bonds is 17. The molecule has 3 aromatic carbocycles. The van der Waals surface area contributed by atoms with Crippen LogP contribution in [0.5, 0.6) is 0 Å². The Morgan fingerprint density at radius 1 is 0.625 bits per heavy atom. The van der Waals surface area contributed by atoms with Crippen molar-refractivity contribution in [2.45, 2.75) is 69.8 Å². The summed E-state index contributed by atoms with van der Waals surface area (Å²) in [5.41, 5.74) is 8.83. The Bertz CT molecular complexity index is 1050. The highest BCUT2D eigenvalue weighted by Gasteiger charge is 2.48. The predicted octanol–water partition coefficient (Wildman–Crippen LogP) is 5.26. The van der Waals surface area contributed by atoms with Crippen molar-refractivity contribution in [3.05, 3.63) is 108 Å². The number of hydrogen-bond donors (Lipinski definition) is 1. The van der Waals surface area contributed by atoms with E-state index in [1.54, 1.807) is 7.11 Å². The summed E-state index contributed by atoms with van der Waals surface area (Å²) in [4.78, 5) is 0. The molecule has 4 rings (SSSR count). The van der Waals surface area contributed by atoms with Crippen LogP contribution in [0.25, 0.3) is 0 Å². The van der Waals surface area contributed by atoms with Crippen LogP contribution in [0.15, 0.2) is 91.0 Å². The normalized spacial score (nSPS) is 22.8. The van der Waals surface area contributed by atoms with E-state index in [0.717, 1.165) is 36.0 Å². The molecule has 0 spiro atoms. The first-order valence-corrected chi connectivity index (χ1v) is 14.2. The van der Waals surface area contributed by atoms with Crippen LogP contribution in [-0.4, -0.2) is 57.6 Å². The number of methoxy groups -OCH3 is 1. The largest absolute Gasteiger partial charge is 0.379 e. The van der Waals surface area contributed by atoms with Gasteiger partial charge in [0, 0.05) is 13.7 Å². The van der Waals surface area contributed by atoms with Gasteiger partial charge in [0.1, 0.15) is 24.4 Å². The van der Waals surface area contributed by atoms with Crippen molar-refractivity contribution in [2.75, 3.05) is 26.9 Å². The zero-order chi connectivity index (χ0) is 27.8. The van der Waals surface area contributed by atoms with Crippen molar-refractivity contribution in [3.63, 3.8) is 0 Å². The van der Waals surface area contributed by atoms with Gasteiger partial charge in [-0.15, -0.1) is 0 Å². The zero-order valence-electron chi connectivity index (χ0n) is 23.4. The van der Waals surface area contributed by atoms with Gasteiger partial charge in [-0.05, 0) is 42.5 Å². The third-order valence-electron chi connectivity index (χ3n) is 6.95. The average molecular weight is 550 g/mol. The highest BCUT2D eigenvalue weighted by Crippen LogP contribution is 2.31. The second-order valence-corrected chi connectivity index (χ2v) is 9.99. The van der Waals surface area contributed by atoms with Crippen LogP contribution in [0.1, 0.15) is 36.0 Å². The summed E-state index contributed by atoms with van der Waals surface area (Å²) in [7, 11) is 1.63. The second kappa shape index (κ2) is 17.3. The smallest absolute Gasteiger partial charge is 0.186 e. The monoisotopic (exact) mass is 549 g/mol. The van der Waals surface area contributed by atoms with Crippen LogP contribution in [-0.2, 0) is 48.2 Å². The van der Waals surface area contributed by atoms with Gasteiger partial charge in [0.2, 0.25) is 0 Å². The SMILES string of the molecule is COC1OC(COCCCCCN)C(OCc2ccccc2)C(OCc2ccccc2)C1OCc1ccccc1. The Morgan fingerprint density at radius 3 is 1.62 bits per heavy atom. The highest BCUT2D eigenvalue weighted by molar-refractivity contribution is 5.15. The third kappa shape index (κ3) is 9.49. The molecule has 7 heteroatoms. The first kappa shape index (κ1) is 30.3. The van der Waals surface area contributed by atoms with E-state index in [-0.39, 0.29) is 0 Å². The quantitative estimate of drug-likeness (QED) is 0.230. The number of unbranched alkanes of at least 4 members (excludes halogenated alkanes) is 2. The highest BCUT2D eigenvalue weighted by atomic mass is 16.7. The van der Waals surface area contributed by atoms with Crippen molar-refractivity contribution in [3.8, 4) is 0 Å². The van der Waals surface area contributed by atoms with Gasteiger partial charge in [0.25, 0.3) is 0 Å². The Kier molecular flexibility index (Phi) is 13.1. The Hall–Kier alpha value is -2.62. The number of ether oxygens (including phenoxy) is 6. The lowest BCUT2D eigenvalue weighted by molar-refractivity contribution is -0.323. The number of nitrogens with two attached hydrogens (primary N) is 1. The van der Waals surface area contributed by atoms with Gasteiger partial charge >= 0.3 is 0 Å². The molecular weight excluding hydrogens is 506 g/mol. The molecule has 1 aliphatic heterocycles. The molecule has 0 saturated carbocycles. The fourth-order valence-corrected chi connectivity index (χ4v) is 4.79. The maximum atomic E-state index is 6.61. The molecule has 0 radical (unpaired) electrons. The average Bonchev–Trinajstić information content (AvgIpc) is 3.01. The molecule has 1 aliphatic rings. The van der Waals surface area contributed by atoms with Crippen LogP contribution in [0.3, 0.4) is 0 Å². The Labute approximate surface area is 238 Å². The molecule has 0 aliphatic carbocycles. The molecule has 7 nitrogen and oxygen atoms in total. The van der Waals surface area contributed by atoms with Crippen molar-refractivity contribution < 1.29 is 28.4 Å². The van der Waals surface area contributed by atoms with Gasteiger partial charge in [-0.2, -0.15) is 0 Å². The minimum absolute atomic E-state index is 0.360. The minimum atomic E-state index is -0.646. The third-order valence-corrected chi connectivity index (χ3v) is 6.95. The molecular formula is C33H43NO6. The zero-order valence-corrected chi connectivity index (χ0v) is 23.4.